The maximum absolute atomic E-state index is 12.3. The molecule has 8 heteroatoms. The molecule has 0 unspecified atom stereocenters. The molecule has 0 saturated carbocycles. The summed E-state index contributed by atoms with van der Waals surface area (Å²) in [6.45, 7) is 2.56. The fourth-order valence-corrected chi connectivity index (χ4v) is 3.64. The Hall–Kier alpha value is -2.64. The van der Waals surface area contributed by atoms with E-state index in [1.807, 2.05) is 41.8 Å². The van der Waals surface area contributed by atoms with Crippen LogP contribution in [0.1, 0.15) is 23.1 Å². The number of benzene rings is 2. The number of para-hydroxylation sites is 1. The zero-order valence-corrected chi connectivity index (χ0v) is 16.8. The van der Waals surface area contributed by atoms with Gasteiger partial charge in [0.15, 0.2) is 10.9 Å². The lowest BCUT2D eigenvalue weighted by Gasteiger charge is -2.08. The molecule has 28 heavy (non-hydrogen) atoms. The van der Waals surface area contributed by atoms with Crippen molar-refractivity contribution >= 4 is 40.7 Å². The Morgan fingerprint density at radius 2 is 1.79 bits per heavy atom. The molecule has 0 bridgehead atoms. The number of halogens is 1. The van der Waals surface area contributed by atoms with E-state index in [0.29, 0.717) is 28.1 Å². The first-order valence-electron chi connectivity index (χ1n) is 8.75. The van der Waals surface area contributed by atoms with E-state index >= 15 is 0 Å². The Morgan fingerprint density at radius 1 is 1.07 bits per heavy atom. The number of nitrogens with one attached hydrogen (secondary N) is 1. The molecule has 1 amide bonds. The maximum Gasteiger partial charge on any atom is 0.232 e. The zero-order valence-electron chi connectivity index (χ0n) is 15.3. The van der Waals surface area contributed by atoms with Crippen molar-refractivity contribution in [1.29, 1.82) is 0 Å². The van der Waals surface area contributed by atoms with Gasteiger partial charge in [-0.2, -0.15) is 0 Å². The van der Waals surface area contributed by atoms with Crippen molar-refractivity contribution < 1.29 is 9.59 Å². The van der Waals surface area contributed by atoms with Crippen LogP contribution in [0.3, 0.4) is 0 Å². The number of Topliss-reactive ketones (excluding diaryl/α,β-unsaturated/α-hetero) is 1. The second-order valence-electron chi connectivity index (χ2n) is 5.95. The zero-order chi connectivity index (χ0) is 19.9. The molecule has 0 fully saturated rings. The molecule has 0 aliphatic carbocycles. The summed E-state index contributed by atoms with van der Waals surface area (Å²) in [5.74, 6) is 0.617. The van der Waals surface area contributed by atoms with Crippen molar-refractivity contribution in [3.05, 3.63) is 71.0 Å². The maximum atomic E-state index is 12.3. The summed E-state index contributed by atoms with van der Waals surface area (Å²) < 4.78 is 1.85. The minimum Gasteiger partial charge on any atom is -0.326 e. The minimum absolute atomic E-state index is 0.0179. The number of thioether (sulfide) groups is 1. The first-order chi connectivity index (χ1) is 13.6. The van der Waals surface area contributed by atoms with E-state index in [2.05, 4.69) is 15.5 Å². The quantitative estimate of drug-likeness (QED) is 0.443. The van der Waals surface area contributed by atoms with E-state index < -0.39 is 0 Å². The van der Waals surface area contributed by atoms with Crippen LogP contribution in [0.25, 0.3) is 0 Å². The SMILES string of the molecule is CCn1c(CC(=O)Nc2ccccc2)nnc1SCC(=O)c1ccc(Cl)cc1. The number of hydrogen-bond acceptors (Lipinski definition) is 5. The first-order valence-corrected chi connectivity index (χ1v) is 10.1. The highest BCUT2D eigenvalue weighted by molar-refractivity contribution is 7.99. The summed E-state index contributed by atoms with van der Waals surface area (Å²) in [6, 6.07) is 16.0. The molecule has 2 aromatic carbocycles. The minimum atomic E-state index is -0.165. The van der Waals surface area contributed by atoms with Gasteiger partial charge in [0.1, 0.15) is 5.82 Å². The average molecular weight is 415 g/mol. The van der Waals surface area contributed by atoms with Gasteiger partial charge in [-0.3, -0.25) is 9.59 Å². The second-order valence-corrected chi connectivity index (χ2v) is 7.33. The molecular weight excluding hydrogens is 396 g/mol. The Morgan fingerprint density at radius 3 is 2.46 bits per heavy atom. The van der Waals surface area contributed by atoms with Gasteiger partial charge in [0.25, 0.3) is 0 Å². The summed E-state index contributed by atoms with van der Waals surface area (Å²) >= 11 is 7.16. The summed E-state index contributed by atoms with van der Waals surface area (Å²) in [7, 11) is 0. The topological polar surface area (TPSA) is 76.9 Å². The van der Waals surface area contributed by atoms with Crippen molar-refractivity contribution in [2.45, 2.75) is 25.0 Å². The van der Waals surface area contributed by atoms with Crippen LogP contribution in [0.4, 0.5) is 5.69 Å². The van der Waals surface area contributed by atoms with E-state index in [1.165, 1.54) is 11.8 Å². The number of carbonyl (C=O) groups excluding carboxylic acids is 2. The normalized spacial score (nSPS) is 10.6. The van der Waals surface area contributed by atoms with E-state index in [0.717, 1.165) is 5.69 Å². The van der Waals surface area contributed by atoms with Crippen LogP contribution in [-0.2, 0) is 17.8 Å². The van der Waals surface area contributed by atoms with Gasteiger partial charge >= 0.3 is 0 Å². The Bertz CT molecular complexity index is 958. The molecule has 0 spiro atoms. The van der Waals surface area contributed by atoms with Crippen LogP contribution >= 0.6 is 23.4 Å². The standard InChI is InChI=1S/C20H19ClN4O2S/c1-2-25-18(12-19(27)22-16-6-4-3-5-7-16)23-24-20(25)28-13-17(26)14-8-10-15(21)11-9-14/h3-11H,2,12-13H2,1H3,(H,22,27). The Kier molecular flexibility index (Phi) is 6.84. The lowest BCUT2D eigenvalue weighted by molar-refractivity contribution is -0.115. The third kappa shape index (κ3) is 5.21. The van der Waals surface area contributed by atoms with Gasteiger partial charge in [-0.1, -0.05) is 41.6 Å². The number of rotatable bonds is 8. The monoisotopic (exact) mass is 414 g/mol. The smallest absolute Gasteiger partial charge is 0.232 e. The number of nitrogens with zero attached hydrogens (tertiary/aromatic N) is 3. The summed E-state index contributed by atoms with van der Waals surface area (Å²) in [4.78, 5) is 24.6. The van der Waals surface area contributed by atoms with Crippen LogP contribution in [0, 0.1) is 0 Å². The van der Waals surface area contributed by atoms with Crippen molar-refractivity contribution in [3.8, 4) is 0 Å². The molecule has 6 nitrogen and oxygen atoms in total. The molecule has 1 aromatic heterocycles. The molecule has 0 aliphatic rings. The van der Waals surface area contributed by atoms with Gasteiger partial charge in [0, 0.05) is 22.8 Å². The third-order valence-electron chi connectivity index (χ3n) is 3.98. The highest BCUT2D eigenvalue weighted by Crippen LogP contribution is 2.20. The molecule has 0 saturated heterocycles. The van der Waals surface area contributed by atoms with Gasteiger partial charge in [-0.15, -0.1) is 10.2 Å². The van der Waals surface area contributed by atoms with Gasteiger partial charge < -0.3 is 9.88 Å². The number of hydrogen-bond donors (Lipinski definition) is 1. The summed E-state index contributed by atoms with van der Waals surface area (Å²) in [5.41, 5.74) is 1.33. The van der Waals surface area contributed by atoms with E-state index in [9.17, 15) is 9.59 Å². The van der Waals surface area contributed by atoms with Crippen molar-refractivity contribution in [2.24, 2.45) is 0 Å². The summed E-state index contributed by atoms with van der Waals surface area (Å²) in [6.07, 6.45) is 0.113. The average Bonchev–Trinajstić information content (AvgIpc) is 3.08. The fourth-order valence-electron chi connectivity index (χ4n) is 2.59. The van der Waals surface area contributed by atoms with Crippen molar-refractivity contribution in [1.82, 2.24) is 14.8 Å². The second kappa shape index (κ2) is 9.52. The first kappa shape index (κ1) is 20.1. The van der Waals surface area contributed by atoms with Crippen molar-refractivity contribution in [2.75, 3.05) is 11.1 Å². The van der Waals surface area contributed by atoms with Crippen LogP contribution in [0.15, 0.2) is 59.8 Å². The highest BCUT2D eigenvalue weighted by Gasteiger charge is 2.16. The summed E-state index contributed by atoms with van der Waals surface area (Å²) in [5, 5.41) is 12.3. The lowest BCUT2D eigenvalue weighted by atomic mass is 10.1. The number of carbonyl (C=O) groups is 2. The number of aromatic nitrogens is 3. The predicted octanol–water partition coefficient (Wildman–Crippen LogP) is 4.11. The van der Waals surface area contributed by atoms with Crippen LogP contribution in [0.5, 0.6) is 0 Å². The van der Waals surface area contributed by atoms with Crippen LogP contribution in [-0.4, -0.2) is 32.2 Å². The van der Waals surface area contributed by atoms with Gasteiger partial charge in [0.05, 0.1) is 12.2 Å². The molecule has 1 heterocycles. The number of amides is 1. The predicted molar refractivity (Wildman–Crippen MR) is 111 cm³/mol. The molecule has 0 atom stereocenters. The Balaban J connectivity index is 1.62. The highest BCUT2D eigenvalue weighted by atomic mass is 35.5. The Labute approximate surface area is 172 Å². The van der Waals surface area contributed by atoms with E-state index in [-0.39, 0.29) is 23.9 Å². The van der Waals surface area contributed by atoms with Gasteiger partial charge in [-0.05, 0) is 43.3 Å². The van der Waals surface area contributed by atoms with Crippen molar-refractivity contribution in [3.63, 3.8) is 0 Å². The fraction of sp³-hybridized carbons (Fsp3) is 0.200. The number of anilines is 1. The van der Waals surface area contributed by atoms with E-state index in [4.69, 9.17) is 11.6 Å². The lowest BCUT2D eigenvalue weighted by Crippen LogP contribution is -2.17. The number of ketones is 1. The molecule has 0 aliphatic heterocycles. The molecule has 144 valence electrons. The molecule has 3 aromatic rings. The van der Waals surface area contributed by atoms with Gasteiger partial charge in [0.2, 0.25) is 5.91 Å². The third-order valence-corrected chi connectivity index (χ3v) is 5.20. The van der Waals surface area contributed by atoms with Gasteiger partial charge in [-0.25, -0.2) is 0 Å². The largest absolute Gasteiger partial charge is 0.326 e. The van der Waals surface area contributed by atoms with Crippen LogP contribution in [0.2, 0.25) is 5.02 Å². The van der Waals surface area contributed by atoms with E-state index in [1.54, 1.807) is 24.3 Å². The molecule has 0 radical (unpaired) electrons. The molecular formula is C20H19ClN4O2S. The van der Waals surface area contributed by atoms with Crippen LogP contribution < -0.4 is 5.32 Å². The molecule has 3 rings (SSSR count). The molecule has 1 N–H and O–H groups in total.